The highest BCUT2D eigenvalue weighted by atomic mass is 35.5. The Morgan fingerprint density at radius 1 is 1.39 bits per heavy atom. The van der Waals surface area contributed by atoms with Crippen molar-refractivity contribution in [1.29, 1.82) is 0 Å². The topological polar surface area (TPSA) is 66.9 Å². The molecule has 2 N–H and O–H groups in total. The highest BCUT2D eigenvalue weighted by molar-refractivity contribution is 6.29. The van der Waals surface area contributed by atoms with Gasteiger partial charge in [0.05, 0.1) is 6.54 Å². The first kappa shape index (κ1) is 14.7. The zero-order valence-corrected chi connectivity index (χ0v) is 11.9. The molecule has 6 heteroatoms. The fraction of sp³-hybridized carbons (Fsp3) is 0.583. The summed E-state index contributed by atoms with van der Waals surface area (Å²) in [6, 6.07) is 1.60. The van der Waals surface area contributed by atoms with E-state index < -0.39 is 0 Å². The summed E-state index contributed by atoms with van der Waals surface area (Å²) in [4.78, 5) is 19.9. The summed E-state index contributed by atoms with van der Waals surface area (Å²) in [5.74, 6) is 1.13. The van der Waals surface area contributed by atoms with Crippen LogP contribution >= 0.6 is 11.6 Å². The smallest absolute Gasteiger partial charge is 0.239 e. The monoisotopic (exact) mass is 270 g/mol. The molecule has 0 unspecified atom stereocenters. The van der Waals surface area contributed by atoms with Gasteiger partial charge in [0.1, 0.15) is 16.8 Å². The van der Waals surface area contributed by atoms with E-state index in [1.165, 1.54) is 0 Å². The van der Waals surface area contributed by atoms with E-state index in [0.29, 0.717) is 23.2 Å². The summed E-state index contributed by atoms with van der Waals surface area (Å²) in [7, 11) is 0. The highest BCUT2D eigenvalue weighted by Gasteiger charge is 2.13. The first-order valence-electron chi connectivity index (χ1n) is 5.88. The lowest BCUT2D eigenvalue weighted by molar-refractivity contribution is -0.120. The van der Waals surface area contributed by atoms with Crippen LogP contribution in [-0.2, 0) is 11.2 Å². The van der Waals surface area contributed by atoms with Crippen molar-refractivity contribution in [2.75, 3.05) is 11.9 Å². The number of halogens is 1. The number of carbonyl (C=O) groups excluding carboxylic acids is 1. The number of aryl methyl sites for hydroxylation is 1. The van der Waals surface area contributed by atoms with Gasteiger partial charge in [0.25, 0.3) is 0 Å². The predicted molar refractivity (Wildman–Crippen MR) is 72.8 cm³/mol. The third-order valence-electron chi connectivity index (χ3n) is 2.00. The van der Waals surface area contributed by atoms with Crippen molar-refractivity contribution in [2.45, 2.75) is 39.7 Å². The molecule has 1 aromatic rings. The summed E-state index contributed by atoms with van der Waals surface area (Å²) >= 11 is 5.86. The van der Waals surface area contributed by atoms with E-state index in [1.807, 2.05) is 27.7 Å². The normalized spacial score (nSPS) is 11.2. The van der Waals surface area contributed by atoms with Crippen LogP contribution in [-0.4, -0.2) is 28.0 Å². The number of aromatic nitrogens is 2. The average Bonchev–Trinajstić information content (AvgIpc) is 2.23. The van der Waals surface area contributed by atoms with Crippen LogP contribution in [0.5, 0.6) is 0 Å². The Morgan fingerprint density at radius 3 is 2.61 bits per heavy atom. The van der Waals surface area contributed by atoms with Gasteiger partial charge in [0, 0.05) is 18.0 Å². The SMILES string of the molecule is CCc1nc(Cl)cc(NCC(=O)NC(C)(C)C)n1. The van der Waals surface area contributed by atoms with E-state index in [9.17, 15) is 4.79 Å². The second-order valence-electron chi connectivity index (χ2n) is 5.00. The lowest BCUT2D eigenvalue weighted by Gasteiger charge is -2.20. The summed E-state index contributed by atoms with van der Waals surface area (Å²) in [5.41, 5.74) is -0.239. The number of hydrogen-bond donors (Lipinski definition) is 2. The van der Waals surface area contributed by atoms with E-state index in [1.54, 1.807) is 6.07 Å². The highest BCUT2D eigenvalue weighted by Crippen LogP contribution is 2.11. The number of hydrogen-bond acceptors (Lipinski definition) is 4. The molecule has 0 fully saturated rings. The zero-order chi connectivity index (χ0) is 13.8. The van der Waals surface area contributed by atoms with Crippen molar-refractivity contribution in [3.63, 3.8) is 0 Å². The van der Waals surface area contributed by atoms with E-state index in [4.69, 9.17) is 11.6 Å². The van der Waals surface area contributed by atoms with Crippen molar-refractivity contribution in [1.82, 2.24) is 15.3 Å². The number of carbonyl (C=O) groups is 1. The number of rotatable bonds is 4. The zero-order valence-electron chi connectivity index (χ0n) is 11.2. The maximum Gasteiger partial charge on any atom is 0.239 e. The van der Waals surface area contributed by atoms with Crippen LogP contribution in [0.3, 0.4) is 0 Å². The van der Waals surface area contributed by atoms with Crippen LogP contribution in [0.1, 0.15) is 33.5 Å². The molecular formula is C12H19ClN4O. The van der Waals surface area contributed by atoms with Crippen LogP contribution in [0.4, 0.5) is 5.82 Å². The minimum absolute atomic E-state index is 0.0877. The predicted octanol–water partition coefficient (Wildman–Crippen LogP) is 2.02. The van der Waals surface area contributed by atoms with Crippen molar-refractivity contribution in [3.8, 4) is 0 Å². The fourth-order valence-electron chi connectivity index (χ4n) is 1.35. The third kappa shape index (κ3) is 5.31. The van der Waals surface area contributed by atoms with Crippen LogP contribution in [0.2, 0.25) is 5.15 Å². The molecule has 1 rings (SSSR count). The van der Waals surface area contributed by atoms with E-state index >= 15 is 0 Å². The molecule has 0 aliphatic carbocycles. The molecule has 100 valence electrons. The molecule has 18 heavy (non-hydrogen) atoms. The summed E-state index contributed by atoms with van der Waals surface area (Å²) in [6.07, 6.45) is 0.698. The second kappa shape index (κ2) is 6.00. The van der Waals surface area contributed by atoms with E-state index in [0.717, 1.165) is 0 Å². The molecule has 0 radical (unpaired) electrons. The number of amides is 1. The van der Waals surface area contributed by atoms with Crippen LogP contribution in [0.15, 0.2) is 6.07 Å². The van der Waals surface area contributed by atoms with Crippen LogP contribution in [0.25, 0.3) is 0 Å². The summed E-state index contributed by atoms with van der Waals surface area (Å²) < 4.78 is 0. The maximum absolute atomic E-state index is 11.6. The van der Waals surface area contributed by atoms with Crippen molar-refractivity contribution in [2.24, 2.45) is 0 Å². The van der Waals surface area contributed by atoms with Gasteiger partial charge in [-0.1, -0.05) is 18.5 Å². The quantitative estimate of drug-likeness (QED) is 0.822. The van der Waals surface area contributed by atoms with Crippen molar-refractivity contribution in [3.05, 3.63) is 17.0 Å². The Balaban J connectivity index is 2.58. The molecule has 0 bridgehead atoms. The van der Waals surface area contributed by atoms with Gasteiger partial charge in [-0.25, -0.2) is 9.97 Å². The first-order valence-corrected chi connectivity index (χ1v) is 6.26. The molecule has 0 aromatic carbocycles. The molecule has 0 atom stereocenters. The Hall–Kier alpha value is -1.36. The van der Waals surface area contributed by atoms with E-state index in [2.05, 4.69) is 20.6 Å². The van der Waals surface area contributed by atoms with Gasteiger partial charge in [-0.05, 0) is 20.8 Å². The minimum Gasteiger partial charge on any atom is -0.361 e. The van der Waals surface area contributed by atoms with Gasteiger partial charge in [-0.2, -0.15) is 0 Å². The molecule has 1 heterocycles. The second-order valence-corrected chi connectivity index (χ2v) is 5.38. The average molecular weight is 271 g/mol. The molecule has 0 spiro atoms. The molecule has 1 aromatic heterocycles. The van der Waals surface area contributed by atoms with Crippen molar-refractivity contribution < 1.29 is 4.79 Å². The van der Waals surface area contributed by atoms with Gasteiger partial charge in [0.2, 0.25) is 5.91 Å². The molecule has 5 nitrogen and oxygen atoms in total. The van der Waals surface area contributed by atoms with Gasteiger partial charge in [0.15, 0.2) is 0 Å². The molecule has 0 saturated heterocycles. The lowest BCUT2D eigenvalue weighted by Crippen LogP contribution is -2.43. The lowest BCUT2D eigenvalue weighted by atomic mass is 10.1. The summed E-state index contributed by atoms with van der Waals surface area (Å²) in [5, 5.41) is 6.17. The molecule has 0 aliphatic heterocycles. The van der Waals surface area contributed by atoms with Gasteiger partial charge >= 0.3 is 0 Å². The number of anilines is 1. The Bertz CT molecular complexity index is 429. The molecule has 1 amide bonds. The minimum atomic E-state index is -0.239. The van der Waals surface area contributed by atoms with Crippen molar-refractivity contribution >= 4 is 23.3 Å². The molecule has 0 saturated carbocycles. The Labute approximate surface area is 112 Å². The van der Waals surface area contributed by atoms with Crippen LogP contribution < -0.4 is 10.6 Å². The van der Waals surface area contributed by atoms with Gasteiger partial charge in [-0.3, -0.25) is 4.79 Å². The maximum atomic E-state index is 11.6. The Kier molecular flexibility index (Phi) is 4.90. The van der Waals surface area contributed by atoms with Crippen LogP contribution in [0, 0.1) is 0 Å². The van der Waals surface area contributed by atoms with Gasteiger partial charge in [-0.15, -0.1) is 0 Å². The Morgan fingerprint density at radius 2 is 2.06 bits per heavy atom. The number of nitrogens with zero attached hydrogens (tertiary/aromatic N) is 2. The standard InChI is InChI=1S/C12H19ClN4O/c1-5-9-15-8(13)6-10(16-9)14-7-11(18)17-12(2,3)4/h6H,5,7H2,1-4H3,(H,17,18)(H,14,15,16). The number of nitrogens with one attached hydrogen (secondary N) is 2. The third-order valence-corrected chi connectivity index (χ3v) is 2.20. The van der Waals surface area contributed by atoms with Gasteiger partial charge < -0.3 is 10.6 Å². The first-order chi connectivity index (χ1) is 8.30. The molecular weight excluding hydrogens is 252 g/mol. The fourth-order valence-corrected chi connectivity index (χ4v) is 1.55. The summed E-state index contributed by atoms with van der Waals surface area (Å²) in [6.45, 7) is 7.90. The largest absolute Gasteiger partial charge is 0.361 e. The van der Waals surface area contributed by atoms with E-state index in [-0.39, 0.29) is 18.0 Å². The molecule has 0 aliphatic rings.